The van der Waals surface area contributed by atoms with Crippen molar-refractivity contribution in [1.29, 1.82) is 0 Å². The molecule has 1 aliphatic carbocycles. The first-order valence-electron chi connectivity index (χ1n) is 6.24. The molecule has 1 N–H and O–H groups in total. The first-order valence-corrected chi connectivity index (χ1v) is 7.85. The summed E-state index contributed by atoms with van der Waals surface area (Å²) in [6.45, 7) is 1.96. The summed E-state index contributed by atoms with van der Waals surface area (Å²) < 4.78 is 1.01. The number of carbonyl (C=O) groups is 2. The largest absolute Gasteiger partial charge is 0.481 e. The van der Waals surface area contributed by atoms with Gasteiger partial charge in [-0.3, -0.25) is 9.59 Å². The summed E-state index contributed by atoms with van der Waals surface area (Å²) in [6.07, 6.45) is 2.34. The summed E-state index contributed by atoms with van der Waals surface area (Å²) in [5.74, 6) is -1.33. The number of amides is 1. The number of halogens is 1. The first-order chi connectivity index (χ1) is 8.97. The normalized spacial score (nSPS) is 16.1. The van der Waals surface area contributed by atoms with Crippen molar-refractivity contribution in [3.63, 3.8) is 0 Å². The minimum atomic E-state index is -0.850. The SMILES string of the molecule is CC(CN(C(=O)Cc1ccc(Br)s1)C1CC1)C(=O)O. The molecule has 1 fully saturated rings. The highest BCUT2D eigenvalue weighted by molar-refractivity contribution is 9.11. The van der Waals surface area contributed by atoms with Crippen molar-refractivity contribution >= 4 is 39.1 Å². The van der Waals surface area contributed by atoms with E-state index >= 15 is 0 Å². The Morgan fingerprint density at radius 2 is 2.21 bits per heavy atom. The van der Waals surface area contributed by atoms with Crippen LogP contribution in [0.3, 0.4) is 0 Å². The third kappa shape index (κ3) is 4.04. The third-order valence-corrected chi connectivity index (χ3v) is 4.78. The lowest BCUT2D eigenvalue weighted by Gasteiger charge is -2.24. The molecule has 0 aromatic carbocycles. The van der Waals surface area contributed by atoms with Crippen molar-refractivity contribution in [2.75, 3.05) is 6.54 Å². The monoisotopic (exact) mass is 345 g/mol. The number of hydrogen-bond acceptors (Lipinski definition) is 3. The molecule has 1 unspecified atom stereocenters. The Bertz CT molecular complexity index is 484. The van der Waals surface area contributed by atoms with Crippen LogP contribution >= 0.6 is 27.3 Å². The molecule has 2 rings (SSSR count). The fourth-order valence-corrected chi connectivity index (χ4v) is 3.39. The number of thiophene rings is 1. The number of rotatable bonds is 6. The standard InChI is InChI=1S/C13H16BrNO3S/c1-8(13(17)18)7-15(9-2-3-9)12(16)6-10-4-5-11(14)19-10/h4-5,8-9H,2-3,6-7H2,1H3,(H,17,18). The Kier molecular flexibility index (Phi) is 4.62. The van der Waals surface area contributed by atoms with Gasteiger partial charge in [-0.1, -0.05) is 6.92 Å². The molecule has 6 heteroatoms. The molecular formula is C13H16BrNO3S. The van der Waals surface area contributed by atoms with E-state index in [1.165, 1.54) is 0 Å². The van der Waals surface area contributed by atoms with Gasteiger partial charge in [-0.15, -0.1) is 11.3 Å². The van der Waals surface area contributed by atoms with Crippen molar-refractivity contribution in [2.24, 2.45) is 5.92 Å². The molecule has 104 valence electrons. The van der Waals surface area contributed by atoms with Gasteiger partial charge in [0.05, 0.1) is 16.1 Å². The lowest BCUT2D eigenvalue weighted by molar-refractivity contribution is -0.143. The fourth-order valence-electron chi connectivity index (χ4n) is 1.91. The van der Waals surface area contributed by atoms with Gasteiger partial charge >= 0.3 is 5.97 Å². The maximum atomic E-state index is 12.3. The number of nitrogens with zero attached hydrogens (tertiary/aromatic N) is 1. The van der Waals surface area contributed by atoms with Crippen molar-refractivity contribution in [3.05, 3.63) is 20.8 Å². The van der Waals surface area contributed by atoms with E-state index in [0.717, 1.165) is 21.5 Å². The van der Waals surface area contributed by atoms with E-state index in [1.807, 2.05) is 12.1 Å². The molecule has 0 aliphatic heterocycles. The fraction of sp³-hybridized carbons (Fsp3) is 0.538. The van der Waals surface area contributed by atoms with Crippen molar-refractivity contribution in [2.45, 2.75) is 32.2 Å². The van der Waals surface area contributed by atoms with Gasteiger partial charge in [0.25, 0.3) is 0 Å². The maximum absolute atomic E-state index is 12.3. The Hall–Kier alpha value is -0.880. The van der Waals surface area contributed by atoms with Crippen LogP contribution in [0.2, 0.25) is 0 Å². The van der Waals surface area contributed by atoms with Crippen LogP contribution < -0.4 is 0 Å². The number of carbonyl (C=O) groups excluding carboxylic acids is 1. The second-order valence-electron chi connectivity index (χ2n) is 4.90. The highest BCUT2D eigenvalue weighted by Gasteiger charge is 2.34. The van der Waals surface area contributed by atoms with Gasteiger partial charge in [0, 0.05) is 17.5 Å². The molecule has 1 atom stereocenters. The molecule has 1 aliphatic rings. The van der Waals surface area contributed by atoms with Gasteiger partial charge in [0.15, 0.2) is 0 Å². The van der Waals surface area contributed by atoms with Crippen LogP contribution in [-0.4, -0.2) is 34.5 Å². The quantitative estimate of drug-likeness (QED) is 0.862. The van der Waals surface area contributed by atoms with Gasteiger partial charge in [-0.25, -0.2) is 0 Å². The highest BCUT2D eigenvalue weighted by Crippen LogP contribution is 2.29. The average molecular weight is 346 g/mol. The van der Waals surface area contributed by atoms with Crippen LogP contribution in [0.5, 0.6) is 0 Å². The van der Waals surface area contributed by atoms with E-state index in [1.54, 1.807) is 23.2 Å². The van der Waals surface area contributed by atoms with Crippen LogP contribution in [0.4, 0.5) is 0 Å². The van der Waals surface area contributed by atoms with E-state index < -0.39 is 11.9 Å². The van der Waals surface area contributed by atoms with Crippen LogP contribution in [0.25, 0.3) is 0 Å². The van der Waals surface area contributed by atoms with Gasteiger partial charge in [-0.05, 0) is 40.9 Å². The Balaban J connectivity index is 1.98. The van der Waals surface area contributed by atoms with Gasteiger partial charge in [0.1, 0.15) is 0 Å². The molecule has 4 nitrogen and oxygen atoms in total. The van der Waals surface area contributed by atoms with Crippen molar-refractivity contribution in [1.82, 2.24) is 4.90 Å². The highest BCUT2D eigenvalue weighted by atomic mass is 79.9. The zero-order chi connectivity index (χ0) is 14.0. The van der Waals surface area contributed by atoms with E-state index in [0.29, 0.717) is 13.0 Å². The maximum Gasteiger partial charge on any atom is 0.308 e. The number of carboxylic acid groups (broad SMARTS) is 1. The summed E-state index contributed by atoms with van der Waals surface area (Å²) >= 11 is 4.92. The number of hydrogen-bond donors (Lipinski definition) is 1. The van der Waals surface area contributed by atoms with Crippen molar-refractivity contribution in [3.8, 4) is 0 Å². The zero-order valence-electron chi connectivity index (χ0n) is 10.6. The second kappa shape index (κ2) is 6.05. The predicted octanol–water partition coefficient (Wildman–Crippen LogP) is 2.76. The van der Waals surface area contributed by atoms with E-state index in [-0.39, 0.29) is 11.9 Å². The van der Waals surface area contributed by atoms with E-state index in [4.69, 9.17) is 5.11 Å². The van der Waals surface area contributed by atoms with Crippen LogP contribution in [0.1, 0.15) is 24.6 Å². The molecule has 0 bridgehead atoms. The molecule has 0 spiro atoms. The minimum absolute atomic E-state index is 0.0324. The Labute approximate surface area is 124 Å². The van der Waals surface area contributed by atoms with Crippen LogP contribution in [0, 0.1) is 5.92 Å². The summed E-state index contributed by atoms with van der Waals surface area (Å²) in [4.78, 5) is 26.0. The average Bonchev–Trinajstić information content (AvgIpc) is 3.10. The van der Waals surface area contributed by atoms with Crippen LogP contribution in [0.15, 0.2) is 15.9 Å². The van der Waals surface area contributed by atoms with Gasteiger partial charge in [-0.2, -0.15) is 0 Å². The minimum Gasteiger partial charge on any atom is -0.481 e. The number of aliphatic carboxylic acids is 1. The Morgan fingerprint density at radius 1 is 1.53 bits per heavy atom. The molecule has 1 saturated carbocycles. The summed E-state index contributed by atoms with van der Waals surface area (Å²) in [5.41, 5.74) is 0. The van der Waals surface area contributed by atoms with E-state index in [9.17, 15) is 9.59 Å². The summed E-state index contributed by atoms with van der Waals surface area (Å²) in [5, 5.41) is 8.97. The molecule has 1 amide bonds. The lowest BCUT2D eigenvalue weighted by Crippen LogP contribution is -2.39. The Morgan fingerprint density at radius 3 is 2.68 bits per heavy atom. The number of carboxylic acids is 1. The summed E-state index contributed by atoms with van der Waals surface area (Å²) in [6, 6.07) is 4.10. The molecule has 1 heterocycles. The molecule has 1 aromatic rings. The molecule has 19 heavy (non-hydrogen) atoms. The van der Waals surface area contributed by atoms with Gasteiger partial charge < -0.3 is 10.0 Å². The van der Waals surface area contributed by atoms with E-state index in [2.05, 4.69) is 15.9 Å². The molecule has 0 saturated heterocycles. The predicted molar refractivity (Wildman–Crippen MR) is 77.3 cm³/mol. The topological polar surface area (TPSA) is 57.6 Å². The second-order valence-corrected chi connectivity index (χ2v) is 7.45. The summed E-state index contributed by atoms with van der Waals surface area (Å²) in [7, 11) is 0. The lowest BCUT2D eigenvalue weighted by atomic mass is 10.1. The molecule has 1 aromatic heterocycles. The van der Waals surface area contributed by atoms with Gasteiger partial charge in [0.2, 0.25) is 5.91 Å². The van der Waals surface area contributed by atoms with Crippen LogP contribution in [-0.2, 0) is 16.0 Å². The third-order valence-electron chi connectivity index (χ3n) is 3.15. The first kappa shape index (κ1) is 14.5. The van der Waals surface area contributed by atoms with Crippen molar-refractivity contribution < 1.29 is 14.7 Å². The molecular weight excluding hydrogens is 330 g/mol. The smallest absolute Gasteiger partial charge is 0.308 e. The molecule has 0 radical (unpaired) electrons. The zero-order valence-corrected chi connectivity index (χ0v) is 13.0.